The number of alkyl halides is 3. The Labute approximate surface area is 246 Å². The van der Waals surface area contributed by atoms with E-state index in [1.165, 1.54) is 18.3 Å². The summed E-state index contributed by atoms with van der Waals surface area (Å²) in [7, 11) is 0. The van der Waals surface area contributed by atoms with Crippen LogP contribution in [0.5, 0.6) is 0 Å². The lowest BCUT2D eigenvalue weighted by Crippen LogP contribution is -2.50. The van der Waals surface area contributed by atoms with Crippen molar-refractivity contribution in [3.05, 3.63) is 91.6 Å². The molecule has 2 unspecified atom stereocenters. The van der Waals surface area contributed by atoms with E-state index in [9.17, 15) is 22.8 Å². The monoisotopic (exact) mass is 609 g/mol. The highest BCUT2D eigenvalue weighted by molar-refractivity contribution is 6.35. The van der Waals surface area contributed by atoms with Gasteiger partial charge in [-0.3, -0.25) is 9.59 Å². The van der Waals surface area contributed by atoms with E-state index < -0.39 is 23.7 Å². The molecule has 7 nitrogen and oxygen atoms in total. The third-order valence-electron chi connectivity index (χ3n) is 7.17. The standard InChI is InChI=1S/C29H32Cl2F3N5O2/c1-17(2)13-24(35)21-15-19(29(32,33)34)4-6-25(21)38-9-11-39(12-10-38)28(41)22(27-36-8-7-26(40)37-27)14-18-3-5-20(30)16-23(18)31/h3-8,15-17,22,24H,9-14,35H2,1-2H3,(H,36,37,40). The van der Waals surface area contributed by atoms with Crippen LogP contribution in [0, 0.1) is 5.92 Å². The first-order valence-electron chi connectivity index (χ1n) is 13.3. The first-order valence-corrected chi connectivity index (χ1v) is 14.1. The predicted octanol–water partition coefficient (Wildman–Crippen LogP) is 5.82. The van der Waals surface area contributed by atoms with E-state index in [1.54, 1.807) is 23.1 Å². The molecule has 0 radical (unpaired) electrons. The van der Waals surface area contributed by atoms with Crippen LogP contribution < -0.4 is 16.2 Å². The zero-order valence-electron chi connectivity index (χ0n) is 22.7. The summed E-state index contributed by atoms with van der Waals surface area (Å²) < 4.78 is 40.5. The molecule has 0 spiro atoms. The molecular formula is C29H32Cl2F3N5O2. The number of carbonyl (C=O) groups excluding carboxylic acids is 1. The predicted molar refractivity (Wildman–Crippen MR) is 154 cm³/mol. The normalized spacial score (nSPS) is 15.7. The van der Waals surface area contributed by atoms with E-state index in [0.717, 1.165) is 12.1 Å². The molecule has 12 heteroatoms. The average Bonchev–Trinajstić information content (AvgIpc) is 2.91. The van der Waals surface area contributed by atoms with Gasteiger partial charge in [0.1, 0.15) is 11.7 Å². The highest BCUT2D eigenvalue weighted by Crippen LogP contribution is 2.37. The van der Waals surface area contributed by atoms with Crippen molar-refractivity contribution in [1.82, 2.24) is 14.9 Å². The molecule has 2 aromatic carbocycles. The molecule has 4 rings (SSSR count). The highest BCUT2D eigenvalue weighted by atomic mass is 35.5. The van der Waals surface area contributed by atoms with E-state index in [1.807, 2.05) is 18.7 Å². The van der Waals surface area contributed by atoms with Crippen molar-refractivity contribution in [3.8, 4) is 0 Å². The van der Waals surface area contributed by atoms with E-state index >= 15 is 0 Å². The summed E-state index contributed by atoms with van der Waals surface area (Å²) in [5.74, 6) is -0.629. The Hall–Kier alpha value is -3.08. The molecule has 3 N–H and O–H groups in total. The Morgan fingerprint density at radius 1 is 1.07 bits per heavy atom. The minimum atomic E-state index is -4.48. The van der Waals surface area contributed by atoms with Crippen molar-refractivity contribution in [2.75, 3.05) is 31.1 Å². The molecule has 1 aliphatic rings. The van der Waals surface area contributed by atoms with Crippen molar-refractivity contribution in [2.45, 2.75) is 44.8 Å². The zero-order chi connectivity index (χ0) is 29.9. The largest absolute Gasteiger partial charge is 0.416 e. The number of rotatable bonds is 8. The van der Waals surface area contributed by atoms with Crippen LogP contribution in [-0.2, 0) is 17.4 Å². The number of nitrogens with two attached hydrogens (primary N) is 1. The van der Waals surface area contributed by atoms with Gasteiger partial charge in [-0.15, -0.1) is 0 Å². The van der Waals surface area contributed by atoms with Crippen LogP contribution >= 0.6 is 23.2 Å². The lowest BCUT2D eigenvalue weighted by Gasteiger charge is -2.39. The molecule has 2 heterocycles. The van der Waals surface area contributed by atoms with Gasteiger partial charge in [-0.1, -0.05) is 43.1 Å². The Morgan fingerprint density at radius 3 is 2.39 bits per heavy atom. The molecule has 1 amide bonds. The molecule has 3 aromatic rings. The number of nitrogens with zero attached hydrogens (tertiary/aromatic N) is 3. The molecule has 2 atom stereocenters. The molecule has 0 saturated carbocycles. The highest BCUT2D eigenvalue weighted by Gasteiger charge is 2.34. The second-order valence-corrected chi connectivity index (χ2v) is 11.5. The van der Waals surface area contributed by atoms with Gasteiger partial charge in [0, 0.05) is 60.2 Å². The summed E-state index contributed by atoms with van der Waals surface area (Å²) in [4.78, 5) is 36.4. The van der Waals surface area contributed by atoms with Crippen LogP contribution in [-0.4, -0.2) is 47.0 Å². The van der Waals surface area contributed by atoms with E-state index in [0.29, 0.717) is 59.5 Å². The van der Waals surface area contributed by atoms with Crippen LogP contribution in [0.2, 0.25) is 10.0 Å². The molecule has 41 heavy (non-hydrogen) atoms. The van der Waals surface area contributed by atoms with Crippen LogP contribution in [0.25, 0.3) is 0 Å². The number of halogens is 5. The van der Waals surface area contributed by atoms with Gasteiger partial charge in [-0.2, -0.15) is 13.2 Å². The number of hydrogen-bond acceptors (Lipinski definition) is 5. The second kappa shape index (κ2) is 12.8. The summed E-state index contributed by atoms with van der Waals surface area (Å²) in [5, 5.41) is 0.853. The molecular weight excluding hydrogens is 578 g/mol. The summed E-state index contributed by atoms with van der Waals surface area (Å²) in [6.45, 7) is 5.37. The third kappa shape index (κ3) is 7.61. The smallest absolute Gasteiger partial charge is 0.368 e. The topological polar surface area (TPSA) is 95.3 Å². The molecule has 220 valence electrons. The van der Waals surface area contributed by atoms with Gasteiger partial charge in [0.05, 0.1) is 5.56 Å². The van der Waals surface area contributed by atoms with Crippen molar-refractivity contribution in [3.63, 3.8) is 0 Å². The van der Waals surface area contributed by atoms with E-state index in [2.05, 4.69) is 9.97 Å². The summed E-state index contributed by atoms with van der Waals surface area (Å²) in [6.07, 6.45) is -2.41. The third-order valence-corrected chi connectivity index (χ3v) is 7.76. The Bertz CT molecular complexity index is 1440. The maximum atomic E-state index is 13.8. The number of amides is 1. The SMILES string of the molecule is CC(C)CC(N)c1cc(C(F)(F)F)ccc1N1CCN(C(=O)C(Cc2ccc(Cl)cc2Cl)c2nccc(=O)[nH]2)CC1. The Morgan fingerprint density at radius 2 is 1.78 bits per heavy atom. The van der Waals surface area contributed by atoms with Gasteiger partial charge in [0.25, 0.3) is 5.56 Å². The Kier molecular flexibility index (Phi) is 9.66. The lowest BCUT2D eigenvalue weighted by molar-refractivity contribution is -0.137. The minimum absolute atomic E-state index is 0.190. The molecule has 1 fully saturated rings. The fourth-order valence-corrected chi connectivity index (χ4v) is 5.60. The fourth-order valence-electron chi connectivity index (χ4n) is 5.11. The number of nitrogens with one attached hydrogen (secondary N) is 1. The summed E-state index contributed by atoms with van der Waals surface area (Å²) in [6, 6.07) is 9.38. The first-order chi connectivity index (χ1) is 19.3. The van der Waals surface area contributed by atoms with Crippen molar-refractivity contribution < 1.29 is 18.0 Å². The number of hydrogen-bond donors (Lipinski definition) is 2. The van der Waals surface area contributed by atoms with Crippen molar-refractivity contribution in [1.29, 1.82) is 0 Å². The van der Waals surface area contributed by atoms with Gasteiger partial charge in [-0.05, 0) is 60.2 Å². The molecule has 1 aromatic heterocycles. The van der Waals surface area contributed by atoms with Gasteiger partial charge < -0.3 is 20.5 Å². The molecule has 1 aliphatic heterocycles. The maximum absolute atomic E-state index is 13.8. The second-order valence-electron chi connectivity index (χ2n) is 10.6. The number of anilines is 1. The minimum Gasteiger partial charge on any atom is -0.368 e. The van der Waals surface area contributed by atoms with Crippen LogP contribution in [0.3, 0.4) is 0 Å². The van der Waals surface area contributed by atoms with Crippen molar-refractivity contribution >= 4 is 34.8 Å². The lowest BCUT2D eigenvalue weighted by atomic mass is 9.94. The number of aromatic amines is 1. The van der Waals surface area contributed by atoms with Crippen LogP contribution in [0.15, 0.2) is 53.5 Å². The van der Waals surface area contributed by atoms with Gasteiger partial charge in [0.15, 0.2) is 0 Å². The first kappa shape index (κ1) is 30.9. The number of H-pyrrole nitrogens is 1. The van der Waals surface area contributed by atoms with Gasteiger partial charge in [-0.25, -0.2) is 4.98 Å². The zero-order valence-corrected chi connectivity index (χ0v) is 24.2. The van der Waals surface area contributed by atoms with E-state index in [-0.39, 0.29) is 29.6 Å². The average molecular weight is 611 g/mol. The quantitative estimate of drug-likeness (QED) is 0.336. The van der Waals surface area contributed by atoms with E-state index in [4.69, 9.17) is 28.9 Å². The summed E-state index contributed by atoms with van der Waals surface area (Å²) >= 11 is 12.4. The summed E-state index contributed by atoms with van der Waals surface area (Å²) in [5.41, 5.74) is 7.02. The molecule has 0 aliphatic carbocycles. The van der Waals surface area contributed by atoms with Gasteiger partial charge >= 0.3 is 6.18 Å². The fraction of sp³-hybridized carbons (Fsp3) is 0.414. The number of benzene rings is 2. The molecule has 1 saturated heterocycles. The van der Waals surface area contributed by atoms with Gasteiger partial charge in [0.2, 0.25) is 5.91 Å². The number of aromatic nitrogens is 2. The number of carbonyl (C=O) groups is 1. The van der Waals surface area contributed by atoms with Crippen LogP contribution in [0.4, 0.5) is 18.9 Å². The Balaban J connectivity index is 1.57. The number of piperazine rings is 1. The molecule has 0 bridgehead atoms. The maximum Gasteiger partial charge on any atom is 0.416 e. The van der Waals surface area contributed by atoms with Crippen LogP contribution in [0.1, 0.15) is 54.7 Å². The van der Waals surface area contributed by atoms with Crippen molar-refractivity contribution in [2.24, 2.45) is 11.7 Å².